The summed E-state index contributed by atoms with van der Waals surface area (Å²) in [6.07, 6.45) is 5.87. The largest absolute Gasteiger partial charge is 0.475 e. The molecule has 206 valence electrons. The predicted molar refractivity (Wildman–Crippen MR) is 155 cm³/mol. The van der Waals surface area contributed by atoms with Crippen LogP contribution >= 0.6 is 23.1 Å². The summed E-state index contributed by atoms with van der Waals surface area (Å²) in [4.78, 5) is 44.7. The molecular weight excluding hydrogens is 522 g/mol. The normalized spacial score (nSPS) is 14.9. The Morgan fingerprint density at radius 1 is 1.00 bits per heavy atom. The van der Waals surface area contributed by atoms with Crippen molar-refractivity contribution in [2.45, 2.75) is 76.5 Å². The summed E-state index contributed by atoms with van der Waals surface area (Å²) in [7, 11) is 0. The Labute approximate surface area is 232 Å². The molecule has 0 spiro atoms. The van der Waals surface area contributed by atoms with Crippen molar-refractivity contribution in [1.82, 2.24) is 4.98 Å². The van der Waals surface area contributed by atoms with E-state index in [1.165, 1.54) is 18.3 Å². The number of nitrogens with one attached hydrogen (secondary N) is 3. The number of hydrogen-bond donors (Lipinski definition) is 3. The fourth-order valence-electron chi connectivity index (χ4n) is 3.68. The minimum Gasteiger partial charge on any atom is -0.475 e. The third-order valence-corrected chi connectivity index (χ3v) is 7.91. The van der Waals surface area contributed by atoms with Crippen molar-refractivity contribution in [3.05, 3.63) is 30.5 Å². The molecule has 0 saturated heterocycles. The summed E-state index contributed by atoms with van der Waals surface area (Å²) in [6.45, 7) is 8.58. The number of aromatic nitrogens is 1. The number of amides is 3. The highest BCUT2D eigenvalue weighted by Gasteiger charge is 2.31. The number of unbranched alkanes of at least 4 members (excludes halogenated alkanes) is 3. The number of thioether (sulfide) groups is 1. The maximum absolute atomic E-state index is 12.3. The molecule has 9 nitrogen and oxygen atoms in total. The summed E-state index contributed by atoms with van der Waals surface area (Å²) in [5.41, 5.74) is 1.23. The summed E-state index contributed by atoms with van der Waals surface area (Å²) in [6, 6.07) is 7.11. The second-order valence-corrected chi connectivity index (χ2v) is 12.5. The molecule has 0 saturated carbocycles. The van der Waals surface area contributed by atoms with Crippen LogP contribution in [0.1, 0.15) is 66.2 Å². The van der Waals surface area contributed by atoms with Crippen LogP contribution in [-0.2, 0) is 19.1 Å². The number of nitrogens with zero attached hydrogens (tertiary/aromatic N) is 2. The van der Waals surface area contributed by atoms with E-state index in [1.807, 2.05) is 0 Å². The van der Waals surface area contributed by atoms with Gasteiger partial charge < -0.3 is 20.7 Å². The zero-order chi connectivity index (χ0) is 27.5. The van der Waals surface area contributed by atoms with E-state index in [2.05, 4.69) is 46.7 Å². The van der Waals surface area contributed by atoms with E-state index in [4.69, 9.17) is 4.74 Å². The van der Waals surface area contributed by atoms with Crippen LogP contribution < -0.4 is 16.0 Å². The van der Waals surface area contributed by atoms with E-state index in [-0.39, 0.29) is 29.2 Å². The molecule has 1 unspecified atom stereocenters. The number of ether oxygens (including phenoxy) is 1. The van der Waals surface area contributed by atoms with Crippen LogP contribution in [-0.4, -0.2) is 47.0 Å². The van der Waals surface area contributed by atoms with E-state index in [0.29, 0.717) is 41.6 Å². The quantitative estimate of drug-likeness (QED) is 0.206. The number of hydrogen-bond acceptors (Lipinski definition) is 8. The summed E-state index contributed by atoms with van der Waals surface area (Å²) < 4.78 is 6.96. The Hall–Kier alpha value is -2.92. The van der Waals surface area contributed by atoms with E-state index >= 15 is 0 Å². The predicted octanol–water partition coefficient (Wildman–Crippen LogP) is 5.95. The molecule has 3 rings (SSSR count). The highest BCUT2D eigenvalue weighted by Crippen LogP contribution is 2.31. The monoisotopic (exact) mass is 559 g/mol. The van der Waals surface area contributed by atoms with Gasteiger partial charge in [-0.15, -0.1) is 11.8 Å². The number of anilines is 3. The molecule has 1 aliphatic rings. The Balaban J connectivity index is 1.26. The van der Waals surface area contributed by atoms with E-state index < -0.39 is 0 Å². The highest BCUT2D eigenvalue weighted by atomic mass is 32.2. The Kier molecular flexibility index (Phi) is 11.1. The van der Waals surface area contributed by atoms with Crippen molar-refractivity contribution >= 4 is 63.2 Å². The molecule has 0 fully saturated rings. The molecule has 0 aliphatic carbocycles. The molecular formula is C27H37N5O4S2. The van der Waals surface area contributed by atoms with Crippen molar-refractivity contribution in [3.8, 4) is 0 Å². The molecule has 0 bridgehead atoms. The number of para-hydroxylation sites is 2. The Bertz CT molecular complexity index is 1140. The average molecular weight is 560 g/mol. The fraction of sp³-hybridized carbons (Fsp3) is 0.519. The summed E-state index contributed by atoms with van der Waals surface area (Å²) >= 11 is 3.06. The third-order valence-electron chi connectivity index (χ3n) is 5.82. The van der Waals surface area contributed by atoms with Gasteiger partial charge in [0.1, 0.15) is 6.10 Å². The number of carbonyl (C=O) groups excluding carboxylic acids is 3. The van der Waals surface area contributed by atoms with Crippen LogP contribution in [0, 0.1) is 5.41 Å². The van der Waals surface area contributed by atoms with Crippen LogP contribution in [0.2, 0.25) is 0 Å². The lowest BCUT2D eigenvalue weighted by atomic mass is 9.89. The van der Waals surface area contributed by atoms with Crippen molar-refractivity contribution in [1.29, 1.82) is 0 Å². The van der Waals surface area contributed by atoms with E-state index in [0.717, 1.165) is 35.8 Å². The lowest BCUT2D eigenvalue weighted by Crippen LogP contribution is -2.29. The minimum atomic E-state index is -0.191. The van der Waals surface area contributed by atoms with Crippen LogP contribution in [0.25, 0.3) is 0 Å². The maximum atomic E-state index is 12.3. The second-order valence-electron chi connectivity index (χ2n) is 10.2. The zero-order valence-electron chi connectivity index (χ0n) is 22.5. The Morgan fingerprint density at radius 3 is 2.24 bits per heavy atom. The Morgan fingerprint density at radius 2 is 1.63 bits per heavy atom. The van der Waals surface area contributed by atoms with Gasteiger partial charge in [0.05, 0.1) is 34.1 Å². The molecule has 3 amide bonds. The number of carbonyl (C=O) groups is 3. The number of benzene rings is 1. The first-order valence-corrected chi connectivity index (χ1v) is 14.7. The molecule has 2 heterocycles. The molecule has 3 N–H and O–H groups in total. The van der Waals surface area contributed by atoms with Crippen LogP contribution in [0.3, 0.4) is 0 Å². The lowest BCUT2D eigenvalue weighted by molar-refractivity contribution is -0.117. The van der Waals surface area contributed by atoms with Crippen molar-refractivity contribution < 1.29 is 19.1 Å². The standard InChI is InChI=1S/C27H37N5O4S2/c1-18(33)30-19-11-9-10-12-20(19)31-22(34)13-7-5-6-8-14-23(35)32-26-29-16-25(38-26)37-17-24-28-15-21(36-24)27(2,3)4/h9-12,16,21H,5-8,13-15,17H2,1-4H3,(H,30,33)(H,31,34)(H,29,32,35). The number of thiazole rings is 1. The SMILES string of the molecule is CC(=O)Nc1ccccc1NC(=O)CCCCCCC(=O)Nc1ncc(SCC2=NCC(C(C)(C)C)O2)s1. The topological polar surface area (TPSA) is 122 Å². The van der Waals surface area contributed by atoms with Gasteiger partial charge in [-0.3, -0.25) is 19.4 Å². The van der Waals surface area contributed by atoms with Gasteiger partial charge in [-0.05, 0) is 25.0 Å². The van der Waals surface area contributed by atoms with E-state index in [1.54, 1.807) is 42.2 Å². The number of rotatable bonds is 13. The average Bonchev–Trinajstić information content (AvgIpc) is 3.50. The second kappa shape index (κ2) is 14.3. The van der Waals surface area contributed by atoms with E-state index in [9.17, 15) is 14.4 Å². The van der Waals surface area contributed by atoms with Gasteiger partial charge in [-0.25, -0.2) is 4.98 Å². The van der Waals surface area contributed by atoms with Gasteiger partial charge in [-0.2, -0.15) is 0 Å². The molecule has 38 heavy (non-hydrogen) atoms. The van der Waals surface area contributed by atoms with Crippen molar-refractivity contribution in [2.24, 2.45) is 10.4 Å². The van der Waals surface area contributed by atoms with Gasteiger partial charge >= 0.3 is 0 Å². The van der Waals surface area contributed by atoms with Crippen molar-refractivity contribution in [3.63, 3.8) is 0 Å². The van der Waals surface area contributed by atoms with Gasteiger partial charge in [0.25, 0.3) is 0 Å². The van der Waals surface area contributed by atoms with Gasteiger partial charge in [0.2, 0.25) is 17.7 Å². The zero-order valence-corrected chi connectivity index (χ0v) is 24.1. The number of aliphatic imine (C=N–C) groups is 1. The molecule has 2 aromatic rings. The molecule has 1 aromatic heterocycles. The summed E-state index contributed by atoms with van der Waals surface area (Å²) in [5, 5.41) is 9.02. The van der Waals surface area contributed by atoms with Crippen LogP contribution in [0.5, 0.6) is 0 Å². The molecule has 1 aliphatic heterocycles. The first-order valence-electron chi connectivity index (χ1n) is 12.8. The molecule has 11 heteroatoms. The van der Waals surface area contributed by atoms with Gasteiger partial charge in [-0.1, -0.05) is 57.1 Å². The van der Waals surface area contributed by atoms with Crippen molar-refractivity contribution in [2.75, 3.05) is 28.2 Å². The fourth-order valence-corrected chi connectivity index (χ4v) is 5.45. The maximum Gasteiger partial charge on any atom is 0.226 e. The van der Waals surface area contributed by atoms with Gasteiger partial charge in [0.15, 0.2) is 11.0 Å². The third kappa shape index (κ3) is 10.1. The minimum absolute atomic E-state index is 0.0558. The summed E-state index contributed by atoms with van der Waals surface area (Å²) in [5.74, 6) is 1.07. The molecule has 0 radical (unpaired) electrons. The highest BCUT2D eigenvalue weighted by molar-refractivity contribution is 8.01. The van der Waals surface area contributed by atoms with Crippen LogP contribution in [0.4, 0.5) is 16.5 Å². The smallest absolute Gasteiger partial charge is 0.226 e. The molecule has 1 aromatic carbocycles. The lowest BCUT2D eigenvalue weighted by Gasteiger charge is -2.25. The molecule has 1 atom stereocenters. The first-order chi connectivity index (χ1) is 18.1. The first kappa shape index (κ1) is 29.6. The van der Waals surface area contributed by atoms with Gasteiger partial charge in [0, 0.05) is 25.2 Å². The van der Waals surface area contributed by atoms with Crippen LogP contribution in [0.15, 0.2) is 39.7 Å².